The lowest BCUT2D eigenvalue weighted by molar-refractivity contribution is 0.0745. The summed E-state index contributed by atoms with van der Waals surface area (Å²) in [6, 6.07) is 0. The molecule has 1 aromatic rings. The van der Waals surface area contributed by atoms with Crippen LogP contribution in [0.5, 0.6) is 0 Å². The smallest absolute Gasteiger partial charge is 0.216 e. The summed E-state index contributed by atoms with van der Waals surface area (Å²) in [5.41, 5.74) is 0. The molecule has 1 saturated heterocycles. The van der Waals surface area contributed by atoms with Crippen LogP contribution in [0.25, 0.3) is 0 Å². The molecular formula is C13H20N2O2S. The Bertz CT molecular complexity index is 348. The van der Waals surface area contributed by atoms with Gasteiger partial charge in [-0.3, -0.25) is 4.79 Å². The molecule has 0 unspecified atom stereocenters. The molecule has 1 N–H and O–H groups in total. The van der Waals surface area contributed by atoms with Gasteiger partial charge < -0.3 is 10.1 Å². The highest BCUT2D eigenvalue weighted by Crippen LogP contribution is 2.15. The summed E-state index contributed by atoms with van der Waals surface area (Å²) in [6.45, 7) is 3.14. The Kier molecular flexibility index (Phi) is 5.77. The number of hydrogen-bond acceptors (Lipinski definition) is 5. The van der Waals surface area contributed by atoms with Crippen LogP contribution in [-0.4, -0.2) is 37.1 Å². The molecule has 1 aliphatic rings. The SMILES string of the molecule is O=C(COCCC[C@H]1CCCNC1)c1nccs1. The standard InChI is InChI=1S/C13H20N2O2S/c16-12(13-15-6-8-18-13)10-17-7-2-4-11-3-1-5-14-9-11/h6,8,11,14H,1-5,7,9-10H2/t11-/m1/s1. The zero-order valence-corrected chi connectivity index (χ0v) is 11.4. The molecule has 1 fully saturated rings. The molecule has 1 atom stereocenters. The van der Waals surface area contributed by atoms with Crippen LogP contribution in [0.4, 0.5) is 0 Å². The predicted molar refractivity (Wildman–Crippen MR) is 72.1 cm³/mol. The van der Waals surface area contributed by atoms with Gasteiger partial charge in [-0.25, -0.2) is 4.98 Å². The van der Waals surface area contributed by atoms with E-state index in [1.54, 1.807) is 6.20 Å². The lowest BCUT2D eigenvalue weighted by Crippen LogP contribution is -2.29. The second-order valence-electron chi connectivity index (χ2n) is 4.67. The molecule has 0 spiro atoms. The molecule has 1 aromatic heterocycles. The highest BCUT2D eigenvalue weighted by Gasteiger charge is 2.12. The number of ether oxygens (including phenoxy) is 1. The van der Waals surface area contributed by atoms with Gasteiger partial charge in [-0.15, -0.1) is 11.3 Å². The number of nitrogens with one attached hydrogen (secondary N) is 1. The van der Waals surface area contributed by atoms with Crippen LogP contribution in [0.15, 0.2) is 11.6 Å². The van der Waals surface area contributed by atoms with E-state index in [2.05, 4.69) is 10.3 Å². The molecule has 0 aromatic carbocycles. The summed E-state index contributed by atoms with van der Waals surface area (Å²) in [6.07, 6.45) is 6.49. The quantitative estimate of drug-likeness (QED) is 0.608. The number of ketones is 1. The van der Waals surface area contributed by atoms with Gasteiger partial charge in [-0.2, -0.15) is 0 Å². The number of nitrogens with zero attached hydrogens (tertiary/aromatic N) is 1. The second-order valence-corrected chi connectivity index (χ2v) is 5.56. The third kappa shape index (κ3) is 4.48. The van der Waals surface area contributed by atoms with Crippen molar-refractivity contribution in [1.82, 2.24) is 10.3 Å². The van der Waals surface area contributed by atoms with Gasteiger partial charge in [0.1, 0.15) is 6.61 Å². The van der Waals surface area contributed by atoms with Gasteiger partial charge in [-0.1, -0.05) is 0 Å². The highest BCUT2D eigenvalue weighted by atomic mass is 32.1. The summed E-state index contributed by atoms with van der Waals surface area (Å²) in [5, 5.41) is 5.77. The fraction of sp³-hybridized carbons (Fsp3) is 0.692. The van der Waals surface area contributed by atoms with Crippen molar-refractivity contribution in [3.8, 4) is 0 Å². The lowest BCUT2D eigenvalue weighted by Gasteiger charge is -2.22. The van der Waals surface area contributed by atoms with E-state index in [-0.39, 0.29) is 12.4 Å². The van der Waals surface area contributed by atoms with Crippen LogP contribution >= 0.6 is 11.3 Å². The summed E-state index contributed by atoms with van der Waals surface area (Å²) in [7, 11) is 0. The van der Waals surface area contributed by atoms with E-state index in [1.165, 1.54) is 30.6 Å². The fourth-order valence-electron chi connectivity index (χ4n) is 2.23. The number of carbonyl (C=O) groups is 1. The van der Waals surface area contributed by atoms with Crippen LogP contribution in [-0.2, 0) is 4.74 Å². The number of aromatic nitrogens is 1. The highest BCUT2D eigenvalue weighted by molar-refractivity contribution is 7.11. The number of rotatable bonds is 7. The first-order valence-corrected chi connectivity index (χ1v) is 7.45. The fourth-order valence-corrected chi connectivity index (χ4v) is 2.79. The minimum atomic E-state index is -0.00988. The van der Waals surface area contributed by atoms with Gasteiger partial charge in [0.05, 0.1) is 0 Å². The molecule has 100 valence electrons. The van der Waals surface area contributed by atoms with Crippen LogP contribution < -0.4 is 5.32 Å². The van der Waals surface area contributed by atoms with E-state index in [0.29, 0.717) is 11.6 Å². The first kappa shape index (κ1) is 13.6. The molecule has 0 aliphatic carbocycles. The van der Waals surface area contributed by atoms with Crippen molar-refractivity contribution < 1.29 is 9.53 Å². The topological polar surface area (TPSA) is 51.2 Å². The van der Waals surface area contributed by atoms with Crippen molar-refractivity contribution in [2.24, 2.45) is 5.92 Å². The van der Waals surface area contributed by atoms with Crippen molar-refractivity contribution in [3.05, 3.63) is 16.6 Å². The van der Waals surface area contributed by atoms with E-state index in [4.69, 9.17) is 4.74 Å². The normalized spacial score (nSPS) is 19.9. The van der Waals surface area contributed by atoms with Gasteiger partial charge in [-0.05, 0) is 44.7 Å². The number of thiazole rings is 1. The Labute approximate surface area is 112 Å². The third-order valence-corrected chi connectivity index (χ3v) is 4.02. The molecule has 0 bridgehead atoms. The molecule has 0 amide bonds. The molecule has 4 nitrogen and oxygen atoms in total. The molecule has 5 heteroatoms. The number of hydrogen-bond donors (Lipinski definition) is 1. The van der Waals surface area contributed by atoms with E-state index < -0.39 is 0 Å². The molecular weight excluding hydrogens is 248 g/mol. The van der Waals surface area contributed by atoms with E-state index in [1.807, 2.05) is 5.38 Å². The number of Topliss-reactive ketones (excluding diaryl/α,β-unsaturated/α-hetero) is 1. The summed E-state index contributed by atoms with van der Waals surface area (Å²) >= 11 is 1.37. The number of carbonyl (C=O) groups excluding carboxylic acids is 1. The Balaban J connectivity index is 1.52. The van der Waals surface area contributed by atoms with Gasteiger partial charge in [0, 0.05) is 18.2 Å². The monoisotopic (exact) mass is 268 g/mol. The molecule has 2 heterocycles. The average Bonchev–Trinajstić information content (AvgIpc) is 2.93. The van der Waals surface area contributed by atoms with E-state index >= 15 is 0 Å². The van der Waals surface area contributed by atoms with Crippen molar-refractivity contribution in [1.29, 1.82) is 0 Å². The van der Waals surface area contributed by atoms with Gasteiger partial charge in [0.15, 0.2) is 5.01 Å². The molecule has 1 aliphatic heterocycles. The Morgan fingerprint density at radius 1 is 1.61 bits per heavy atom. The zero-order chi connectivity index (χ0) is 12.6. The maximum absolute atomic E-state index is 11.6. The van der Waals surface area contributed by atoms with Gasteiger partial charge in [0.25, 0.3) is 0 Å². The molecule has 2 rings (SSSR count). The maximum atomic E-state index is 11.6. The van der Waals surface area contributed by atoms with E-state index in [0.717, 1.165) is 25.4 Å². The maximum Gasteiger partial charge on any atom is 0.216 e. The second kappa shape index (κ2) is 7.61. The van der Waals surface area contributed by atoms with Crippen LogP contribution in [0, 0.1) is 5.92 Å². The first-order valence-electron chi connectivity index (χ1n) is 6.57. The lowest BCUT2D eigenvalue weighted by atomic mass is 9.95. The summed E-state index contributed by atoms with van der Waals surface area (Å²) < 4.78 is 5.41. The van der Waals surface area contributed by atoms with Gasteiger partial charge >= 0.3 is 0 Å². The van der Waals surface area contributed by atoms with Crippen molar-refractivity contribution >= 4 is 17.1 Å². The molecule has 0 saturated carbocycles. The minimum absolute atomic E-state index is 0.00988. The van der Waals surface area contributed by atoms with Crippen LogP contribution in [0.1, 0.15) is 35.5 Å². The van der Waals surface area contributed by atoms with Crippen molar-refractivity contribution in [2.45, 2.75) is 25.7 Å². The zero-order valence-electron chi connectivity index (χ0n) is 10.6. The van der Waals surface area contributed by atoms with Crippen LogP contribution in [0.2, 0.25) is 0 Å². The van der Waals surface area contributed by atoms with Crippen molar-refractivity contribution in [3.63, 3.8) is 0 Å². The summed E-state index contributed by atoms with van der Waals surface area (Å²) in [4.78, 5) is 15.6. The van der Waals surface area contributed by atoms with Crippen molar-refractivity contribution in [2.75, 3.05) is 26.3 Å². The Morgan fingerprint density at radius 2 is 2.56 bits per heavy atom. The first-order chi connectivity index (χ1) is 8.86. The average molecular weight is 268 g/mol. The van der Waals surface area contributed by atoms with Gasteiger partial charge in [0.2, 0.25) is 5.78 Å². The molecule has 18 heavy (non-hydrogen) atoms. The Morgan fingerprint density at radius 3 is 3.28 bits per heavy atom. The third-order valence-electron chi connectivity index (χ3n) is 3.20. The van der Waals surface area contributed by atoms with E-state index in [9.17, 15) is 4.79 Å². The minimum Gasteiger partial charge on any atom is -0.373 e. The number of piperidine rings is 1. The summed E-state index contributed by atoms with van der Waals surface area (Å²) in [5.74, 6) is 0.779. The van der Waals surface area contributed by atoms with Crippen LogP contribution in [0.3, 0.4) is 0 Å². The Hall–Kier alpha value is -0.780. The predicted octanol–water partition coefficient (Wildman–Crippen LogP) is 2.12. The molecule has 0 radical (unpaired) electrons. The largest absolute Gasteiger partial charge is 0.373 e.